The van der Waals surface area contributed by atoms with E-state index in [2.05, 4.69) is 9.82 Å². The number of sulfonamides is 1. The summed E-state index contributed by atoms with van der Waals surface area (Å²) in [6, 6.07) is -0.307. The first-order valence-corrected chi connectivity index (χ1v) is 8.55. The van der Waals surface area contributed by atoms with Crippen molar-refractivity contribution < 1.29 is 12.6 Å². The highest BCUT2D eigenvalue weighted by atomic mass is 32.2. The van der Waals surface area contributed by atoms with Crippen LogP contribution in [0.4, 0.5) is 5.82 Å². The lowest BCUT2D eigenvalue weighted by molar-refractivity contribution is 0.556. The Kier molecular flexibility index (Phi) is 4.88. The summed E-state index contributed by atoms with van der Waals surface area (Å²) in [5, 5.41) is 3.79. The van der Waals surface area contributed by atoms with E-state index in [0.29, 0.717) is 12.2 Å². The van der Waals surface area contributed by atoms with Crippen molar-refractivity contribution in [2.24, 2.45) is 7.05 Å². The van der Waals surface area contributed by atoms with Crippen molar-refractivity contribution in [1.82, 2.24) is 14.5 Å². The number of aromatic nitrogens is 2. The van der Waals surface area contributed by atoms with Gasteiger partial charge in [0, 0.05) is 42.1 Å². The second-order valence-electron chi connectivity index (χ2n) is 4.14. The summed E-state index contributed by atoms with van der Waals surface area (Å²) >= 11 is 0. The minimum atomic E-state index is -3.67. The van der Waals surface area contributed by atoms with Gasteiger partial charge in [-0.3, -0.25) is 8.89 Å². The van der Waals surface area contributed by atoms with E-state index in [-0.39, 0.29) is 16.8 Å². The third-order valence-corrected chi connectivity index (χ3v) is 4.72. The van der Waals surface area contributed by atoms with Gasteiger partial charge in [-0.25, -0.2) is 13.1 Å². The normalized spacial score (nSPS) is 15.5. The lowest BCUT2D eigenvalue weighted by Crippen LogP contribution is -2.33. The zero-order chi connectivity index (χ0) is 13.9. The minimum absolute atomic E-state index is 0.0312. The van der Waals surface area contributed by atoms with Crippen molar-refractivity contribution in [2.75, 3.05) is 17.7 Å². The van der Waals surface area contributed by atoms with Crippen LogP contribution in [-0.4, -0.2) is 40.5 Å². The molecule has 3 N–H and O–H groups in total. The molecule has 0 aromatic carbocycles. The van der Waals surface area contributed by atoms with Crippen LogP contribution < -0.4 is 10.5 Å². The Hall–Kier alpha value is -0.930. The van der Waals surface area contributed by atoms with Crippen LogP contribution in [0.3, 0.4) is 0 Å². The summed E-state index contributed by atoms with van der Waals surface area (Å²) in [5.74, 6) is 0.419. The van der Waals surface area contributed by atoms with Crippen LogP contribution >= 0.6 is 0 Å². The van der Waals surface area contributed by atoms with Crippen LogP contribution in [0.2, 0.25) is 0 Å². The molecule has 1 rings (SSSR count). The molecule has 0 saturated carbocycles. The van der Waals surface area contributed by atoms with Crippen LogP contribution in [0.15, 0.2) is 11.1 Å². The lowest BCUT2D eigenvalue weighted by atomic mass is 10.3. The average Bonchev–Trinajstić information content (AvgIpc) is 2.55. The Morgan fingerprint density at radius 3 is 2.67 bits per heavy atom. The van der Waals surface area contributed by atoms with Crippen molar-refractivity contribution in [3.8, 4) is 0 Å². The molecule has 0 amide bonds. The van der Waals surface area contributed by atoms with Gasteiger partial charge in [-0.15, -0.1) is 0 Å². The molecular formula is C9H18N4O3S2. The Bertz CT molecular complexity index is 538. The van der Waals surface area contributed by atoms with Crippen molar-refractivity contribution in [3.05, 3.63) is 6.20 Å². The molecule has 1 heterocycles. The highest BCUT2D eigenvalue weighted by Crippen LogP contribution is 2.15. The van der Waals surface area contributed by atoms with E-state index in [0.717, 1.165) is 0 Å². The van der Waals surface area contributed by atoms with Gasteiger partial charge >= 0.3 is 0 Å². The van der Waals surface area contributed by atoms with Gasteiger partial charge in [0.05, 0.1) is 0 Å². The minimum Gasteiger partial charge on any atom is -0.381 e. The quantitative estimate of drug-likeness (QED) is 0.731. The molecule has 0 spiro atoms. The summed E-state index contributed by atoms with van der Waals surface area (Å²) in [6.07, 6.45) is 3.44. The Morgan fingerprint density at radius 1 is 1.61 bits per heavy atom. The standard InChI is InChI=1S/C9H18N4O3S2/c1-7(4-5-17(3)14)12-18(15,16)8-6-13(2)11-9(8)10/h6-7,12H,4-5H2,1-3H3,(H2,10,11). The Labute approximate surface area is 109 Å². The molecule has 7 nitrogen and oxygen atoms in total. The fourth-order valence-electron chi connectivity index (χ4n) is 1.42. The van der Waals surface area contributed by atoms with Crippen LogP contribution in [0.5, 0.6) is 0 Å². The summed E-state index contributed by atoms with van der Waals surface area (Å²) in [6.45, 7) is 1.72. The van der Waals surface area contributed by atoms with E-state index in [1.54, 1.807) is 20.2 Å². The molecule has 0 aliphatic heterocycles. The maximum absolute atomic E-state index is 12.0. The largest absolute Gasteiger partial charge is 0.381 e. The number of hydrogen-bond acceptors (Lipinski definition) is 5. The van der Waals surface area contributed by atoms with Crippen molar-refractivity contribution >= 4 is 26.6 Å². The number of nitrogens with zero attached hydrogens (tertiary/aromatic N) is 2. The van der Waals surface area contributed by atoms with Crippen LogP contribution in [0.25, 0.3) is 0 Å². The molecule has 0 fully saturated rings. The predicted octanol–water partition coefficient (Wildman–Crippen LogP) is -0.562. The Balaban J connectivity index is 2.76. The van der Waals surface area contributed by atoms with Crippen LogP contribution in [-0.2, 0) is 27.9 Å². The van der Waals surface area contributed by atoms with Gasteiger partial charge in [-0.1, -0.05) is 0 Å². The first-order valence-electron chi connectivity index (χ1n) is 5.34. The summed E-state index contributed by atoms with van der Waals surface area (Å²) in [4.78, 5) is -0.0329. The zero-order valence-electron chi connectivity index (χ0n) is 10.6. The molecular weight excluding hydrogens is 276 g/mol. The molecule has 0 radical (unpaired) electrons. The molecule has 0 bridgehead atoms. The molecule has 18 heavy (non-hydrogen) atoms. The second-order valence-corrected chi connectivity index (χ2v) is 7.38. The number of hydrogen-bond donors (Lipinski definition) is 2. The van der Waals surface area contributed by atoms with Crippen LogP contribution in [0, 0.1) is 0 Å². The van der Waals surface area contributed by atoms with E-state index in [1.807, 2.05) is 0 Å². The maximum atomic E-state index is 12.0. The summed E-state index contributed by atoms with van der Waals surface area (Å²) < 4.78 is 38.8. The van der Waals surface area contributed by atoms with Gasteiger partial charge in [-0.2, -0.15) is 5.10 Å². The third-order valence-electron chi connectivity index (χ3n) is 2.31. The monoisotopic (exact) mass is 294 g/mol. The highest BCUT2D eigenvalue weighted by molar-refractivity contribution is 7.89. The van der Waals surface area contributed by atoms with E-state index in [9.17, 15) is 12.6 Å². The lowest BCUT2D eigenvalue weighted by Gasteiger charge is -2.12. The molecule has 2 unspecified atom stereocenters. The fraction of sp³-hybridized carbons (Fsp3) is 0.667. The van der Waals surface area contributed by atoms with Crippen molar-refractivity contribution in [1.29, 1.82) is 0 Å². The number of rotatable bonds is 6. The fourth-order valence-corrected chi connectivity index (χ4v) is 3.49. The molecule has 0 saturated heterocycles. The van der Waals surface area contributed by atoms with Crippen molar-refractivity contribution in [3.63, 3.8) is 0 Å². The third kappa shape index (κ3) is 4.07. The van der Waals surface area contributed by atoms with Gasteiger partial charge in [0.1, 0.15) is 4.90 Å². The van der Waals surface area contributed by atoms with Gasteiger partial charge in [0.15, 0.2) is 5.82 Å². The molecule has 2 atom stereocenters. The predicted molar refractivity (Wildman–Crippen MR) is 71.0 cm³/mol. The van der Waals surface area contributed by atoms with Crippen molar-refractivity contribution in [2.45, 2.75) is 24.3 Å². The number of nitrogen functional groups attached to an aromatic ring is 1. The molecule has 9 heteroatoms. The second kappa shape index (κ2) is 5.81. The van der Waals surface area contributed by atoms with E-state index in [4.69, 9.17) is 5.73 Å². The zero-order valence-corrected chi connectivity index (χ0v) is 12.2. The Morgan fingerprint density at radius 2 is 2.22 bits per heavy atom. The maximum Gasteiger partial charge on any atom is 0.246 e. The van der Waals surface area contributed by atoms with Crippen LogP contribution in [0.1, 0.15) is 13.3 Å². The van der Waals surface area contributed by atoms with Gasteiger partial charge in [0.25, 0.3) is 0 Å². The molecule has 1 aromatic rings. The molecule has 0 aliphatic rings. The van der Waals surface area contributed by atoms with E-state index >= 15 is 0 Å². The van der Waals surface area contributed by atoms with Gasteiger partial charge in [-0.05, 0) is 13.3 Å². The number of nitrogens with one attached hydrogen (secondary N) is 1. The summed E-state index contributed by atoms with van der Waals surface area (Å²) in [5.41, 5.74) is 5.53. The number of nitrogens with two attached hydrogens (primary N) is 1. The van der Waals surface area contributed by atoms with Gasteiger partial charge in [0.2, 0.25) is 10.0 Å². The first kappa shape index (κ1) is 15.1. The van der Waals surface area contributed by atoms with Gasteiger partial charge < -0.3 is 5.73 Å². The topological polar surface area (TPSA) is 107 Å². The smallest absolute Gasteiger partial charge is 0.246 e. The molecule has 104 valence electrons. The number of anilines is 1. The molecule has 1 aromatic heterocycles. The van der Waals surface area contributed by atoms with E-state index in [1.165, 1.54) is 10.9 Å². The average molecular weight is 294 g/mol. The first-order chi connectivity index (χ1) is 8.22. The SMILES string of the molecule is CC(CCS(C)=O)NS(=O)(=O)c1cn(C)nc1N. The molecule has 0 aliphatic carbocycles. The number of aryl methyl sites for hydroxylation is 1. The highest BCUT2D eigenvalue weighted by Gasteiger charge is 2.22. The summed E-state index contributed by atoms with van der Waals surface area (Å²) in [7, 11) is -3.01. The van der Waals surface area contributed by atoms with E-state index < -0.39 is 20.8 Å².